The first-order valence-electron chi connectivity index (χ1n) is 13.8. The number of carboxylic acid groups (broad SMARTS) is 2. The van der Waals surface area contributed by atoms with Crippen LogP contribution in [0.25, 0.3) is 0 Å². The fourth-order valence-corrected chi connectivity index (χ4v) is 5.03. The third-order valence-electron chi connectivity index (χ3n) is 7.17. The summed E-state index contributed by atoms with van der Waals surface area (Å²) in [6.07, 6.45) is -3.10. The van der Waals surface area contributed by atoms with Crippen molar-refractivity contribution in [2.24, 2.45) is 0 Å². The highest BCUT2D eigenvalue weighted by Crippen LogP contribution is 2.42. The molecular formula is C30H35F4N3O8. The van der Waals surface area contributed by atoms with Gasteiger partial charge in [-0.15, -0.1) is 0 Å². The van der Waals surface area contributed by atoms with Crippen molar-refractivity contribution in [1.29, 1.82) is 5.41 Å². The molecule has 0 radical (unpaired) electrons. The van der Waals surface area contributed by atoms with E-state index in [2.05, 4.69) is 4.90 Å². The van der Waals surface area contributed by atoms with E-state index >= 15 is 4.39 Å². The van der Waals surface area contributed by atoms with E-state index in [0.717, 1.165) is 31.5 Å². The highest BCUT2D eigenvalue weighted by atomic mass is 19.4. The Hall–Kier alpha value is -4.56. The molecule has 11 nitrogen and oxygen atoms in total. The van der Waals surface area contributed by atoms with Gasteiger partial charge in [0.1, 0.15) is 11.6 Å². The number of hydrogen-bond donors (Lipinski definition) is 3. The predicted octanol–water partition coefficient (Wildman–Crippen LogP) is 4.86. The van der Waals surface area contributed by atoms with E-state index in [1.54, 1.807) is 18.2 Å². The first-order valence-corrected chi connectivity index (χ1v) is 13.8. The van der Waals surface area contributed by atoms with E-state index in [1.807, 2.05) is 20.8 Å². The summed E-state index contributed by atoms with van der Waals surface area (Å²) in [4.78, 5) is 37.5. The van der Waals surface area contributed by atoms with Gasteiger partial charge in [-0.05, 0) is 42.0 Å². The molecule has 15 heteroatoms. The standard InChI is InChI=1S/C28H34FN3O6.C2HF3O2/c1-28(2,3)18-10-16(11-19(31-8-6-7-9-31)25(18)38-15-22(34)35)20(33)14-32-13-17-12-21(36-4)26(37-5)24(29)23(17)27(32)30;3-2(4,5)1(6)7/h10-12,30H,6-9,13-15H2,1-5H3,(H,34,35);(H,6,7). The zero-order chi connectivity index (χ0) is 33.9. The number of ether oxygens (including phenoxy) is 3. The maximum atomic E-state index is 15.2. The lowest BCUT2D eigenvalue weighted by atomic mass is 9.84. The van der Waals surface area contributed by atoms with Crippen molar-refractivity contribution in [3.63, 3.8) is 0 Å². The second kappa shape index (κ2) is 13.6. The minimum atomic E-state index is -5.08. The predicted molar refractivity (Wildman–Crippen MR) is 154 cm³/mol. The van der Waals surface area contributed by atoms with Crippen LogP contribution in [-0.4, -0.2) is 85.3 Å². The summed E-state index contributed by atoms with van der Waals surface area (Å²) in [7, 11) is 2.75. The van der Waals surface area contributed by atoms with Crippen LogP contribution >= 0.6 is 0 Å². The smallest absolute Gasteiger partial charge is 0.490 e. The number of ketones is 1. The molecule has 0 aromatic heterocycles. The SMILES string of the molecule is COc1cc2c(c(F)c1OC)C(=N)N(CC(=O)c1cc(N3CCCC3)c(OCC(=O)O)c(C(C)(C)C)c1)C2.O=C(O)C(F)(F)F. The van der Waals surface area contributed by atoms with Gasteiger partial charge in [0.05, 0.1) is 32.0 Å². The fraction of sp³-hybridized carbons (Fsp3) is 0.467. The van der Waals surface area contributed by atoms with Crippen LogP contribution in [0.4, 0.5) is 23.2 Å². The largest absolute Gasteiger partial charge is 0.493 e. The van der Waals surface area contributed by atoms with Crippen molar-refractivity contribution in [3.05, 3.63) is 46.3 Å². The molecule has 0 unspecified atom stereocenters. The molecule has 1 fully saturated rings. The van der Waals surface area contributed by atoms with Crippen LogP contribution < -0.4 is 19.1 Å². The Morgan fingerprint density at radius 3 is 2.07 bits per heavy atom. The third kappa shape index (κ3) is 7.94. The monoisotopic (exact) mass is 641 g/mol. The Balaban J connectivity index is 0.000000707. The average molecular weight is 642 g/mol. The quantitative estimate of drug-likeness (QED) is 0.256. The number of aliphatic carboxylic acids is 2. The van der Waals surface area contributed by atoms with E-state index in [-0.39, 0.29) is 41.8 Å². The van der Waals surface area contributed by atoms with Crippen LogP contribution in [0.5, 0.6) is 17.2 Å². The number of anilines is 1. The molecule has 0 aliphatic carbocycles. The van der Waals surface area contributed by atoms with E-state index in [0.29, 0.717) is 22.6 Å². The molecule has 0 bridgehead atoms. The van der Waals surface area contributed by atoms with E-state index in [4.69, 9.17) is 29.5 Å². The number of rotatable bonds is 9. The van der Waals surface area contributed by atoms with Gasteiger partial charge in [0.2, 0.25) is 0 Å². The molecule has 0 saturated carbocycles. The Morgan fingerprint density at radius 1 is 0.978 bits per heavy atom. The number of amidine groups is 1. The maximum Gasteiger partial charge on any atom is 0.490 e. The summed E-state index contributed by atoms with van der Waals surface area (Å²) in [6, 6.07) is 5.13. The van der Waals surface area contributed by atoms with Crippen molar-refractivity contribution in [2.45, 2.75) is 51.7 Å². The molecule has 2 aliphatic rings. The zero-order valence-corrected chi connectivity index (χ0v) is 25.4. The summed E-state index contributed by atoms with van der Waals surface area (Å²) in [5.74, 6) is -4.23. The number of benzene rings is 2. The van der Waals surface area contributed by atoms with E-state index in [1.165, 1.54) is 19.1 Å². The van der Waals surface area contributed by atoms with Gasteiger partial charge >= 0.3 is 18.1 Å². The molecule has 45 heavy (non-hydrogen) atoms. The molecule has 3 N–H and O–H groups in total. The summed E-state index contributed by atoms with van der Waals surface area (Å²) >= 11 is 0. The van der Waals surface area contributed by atoms with Gasteiger partial charge in [0.25, 0.3) is 0 Å². The highest BCUT2D eigenvalue weighted by molar-refractivity contribution is 6.06. The van der Waals surface area contributed by atoms with Crippen LogP contribution in [0.1, 0.15) is 60.7 Å². The van der Waals surface area contributed by atoms with E-state index < -0.39 is 36.0 Å². The topological polar surface area (TPSA) is 150 Å². The number of carbonyl (C=O) groups is 3. The van der Waals surface area contributed by atoms with Gasteiger partial charge < -0.3 is 34.2 Å². The highest BCUT2D eigenvalue weighted by Gasteiger charge is 2.38. The number of halogens is 4. The summed E-state index contributed by atoms with van der Waals surface area (Å²) in [6.45, 7) is 7.06. The minimum absolute atomic E-state index is 0.0776. The molecule has 2 heterocycles. The zero-order valence-electron chi connectivity index (χ0n) is 25.4. The molecule has 246 valence electrons. The lowest BCUT2D eigenvalue weighted by Gasteiger charge is -2.29. The van der Waals surface area contributed by atoms with Gasteiger partial charge in [-0.25, -0.2) is 14.0 Å². The van der Waals surface area contributed by atoms with Crippen molar-refractivity contribution >= 4 is 29.2 Å². The summed E-state index contributed by atoms with van der Waals surface area (Å²) < 4.78 is 63.1. The molecule has 2 aliphatic heterocycles. The molecular weight excluding hydrogens is 606 g/mol. The van der Waals surface area contributed by atoms with Crippen LogP contribution in [0.15, 0.2) is 18.2 Å². The number of carbonyl (C=O) groups excluding carboxylic acids is 1. The summed E-state index contributed by atoms with van der Waals surface area (Å²) in [5, 5.41) is 25.0. The Labute approximate surface area is 256 Å². The number of methoxy groups -OCH3 is 2. The van der Waals surface area contributed by atoms with Crippen molar-refractivity contribution in [2.75, 3.05) is 45.4 Å². The first kappa shape index (κ1) is 34.9. The van der Waals surface area contributed by atoms with Crippen LogP contribution in [0.3, 0.4) is 0 Å². The minimum Gasteiger partial charge on any atom is -0.493 e. The van der Waals surface area contributed by atoms with Gasteiger partial charge in [0.15, 0.2) is 29.7 Å². The summed E-state index contributed by atoms with van der Waals surface area (Å²) in [5.41, 5.74) is 2.06. The van der Waals surface area contributed by atoms with E-state index in [9.17, 15) is 27.9 Å². The fourth-order valence-electron chi connectivity index (χ4n) is 5.03. The number of Topliss-reactive ketones (excluding diaryl/α,β-unsaturated/α-hetero) is 1. The third-order valence-corrected chi connectivity index (χ3v) is 7.17. The normalized spacial score (nSPS) is 14.5. The number of fused-ring (bicyclic) bond motifs is 1. The van der Waals surface area contributed by atoms with Gasteiger partial charge in [-0.3, -0.25) is 10.2 Å². The molecule has 4 rings (SSSR count). The maximum absolute atomic E-state index is 15.2. The Kier molecular flexibility index (Phi) is 10.6. The average Bonchev–Trinajstić information content (AvgIpc) is 3.59. The number of nitrogens with one attached hydrogen (secondary N) is 1. The van der Waals surface area contributed by atoms with Crippen molar-refractivity contribution in [1.82, 2.24) is 4.90 Å². The first-order chi connectivity index (χ1) is 20.9. The molecule has 0 amide bonds. The molecule has 2 aromatic carbocycles. The van der Waals surface area contributed by atoms with Crippen molar-refractivity contribution < 1.29 is 56.4 Å². The lowest BCUT2D eigenvalue weighted by Crippen LogP contribution is -2.31. The number of hydrogen-bond acceptors (Lipinski definition) is 8. The second-order valence-corrected chi connectivity index (χ2v) is 11.4. The molecule has 0 atom stereocenters. The Bertz CT molecular complexity index is 1480. The van der Waals surface area contributed by atoms with Gasteiger partial charge in [-0.2, -0.15) is 13.2 Å². The number of nitrogens with zero attached hydrogens (tertiary/aromatic N) is 2. The number of alkyl halides is 3. The van der Waals surface area contributed by atoms with Crippen LogP contribution in [0, 0.1) is 11.2 Å². The molecule has 1 saturated heterocycles. The van der Waals surface area contributed by atoms with Gasteiger partial charge in [0, 0.05) is 30.8 Å². The Morgan fingerprint density at radius 2 is 1.58 bits per heavy atom. The second-order valence-electron chi connectivity index (χ2n) is 11.4. The number of carboxylic acids is 2. The van der Waals surface area contributed by atoms with Crippen LogP contribution in [-0.2, 0) is 21.5 Å². The van der Waals surface area contributed by atoms with Crippen molar-refractivity contribution in [3.8, 4) is 17.2 Å². The molecule has 2 aromatic rings. The van der Waals surface area contributed by atoms with Crippen LogP contribution in [0.2, 0.25) is 0 Å². The van der Waals surface area contributed by atoms with Gasteiger partial charge in [-0.1, -0.05) is 20.8 Å². The molecule has 0 spiro atoms. The lowest BCUT2D eigenvalue weighted by molar-refractivity contribution is -0.192.